The number of ether oxygens (including phenoxy) is 1. The fourth-order valence-corrected chi connectivity index (χ4v) is 3.59. The SMILES string of the molecule is O=c1[nH]c2cc(N3CCOCC3)c(F)cc2nc1-c1c[nH]c2ccccc12. The molecule has 2 aromatic carbocycles. The van der Waals surface area contributed by atoms with Crippen LogP contribution < -0.4 is 10.5 Å². The summed E-state index contributed by atoms with van der Waals surface area (Å²) in [6, 6.07) is 10.7. The monoisotopic (exact) mass is 364 g/mol. The van der Waals surface area contributed by atoms with Crippen molar-refractivity contribution in [1.29, 1.82) is 0 Å². The first kappa shape index (κ1) is 16.0. The van der Waals surface area contributed by atoms with Gasteiger partial charge in [0.15, 0.2) is 0 Å². The van der Waals surface area contributed by atoms with Crippen LogP contribution >= 0.6 is 0 Å². The number of aromatic nitrogens is 3. The molecule has 7 heteroatoms. The van der Waals surface area contributed by atoms with Crippen molar-refractivity contribution in [3.8, 4) is 11.3 Å². The van der Waals surface area contributed by atoms with Gasteiger partial charge < -0.3 is 19.6 Å². The molecule has 0 bridgehead atoms. The lowest BCUT2D eigenvalue weighted by atomic mass is 10.1. The van der Waals surface area contributed by atoms with Gasteiger partial charge in [0.2, 0.25) is 0 Å². The van der Waals surface area contributed by atoms with Crippen LogP contribution in [0.4, 0.5) is 10.1 Å². The molecule has 0 atom stereocenters. The van der Waals surface area contributed by atoms with Crippen LogP contribution in [0.5, 0.6) is 0 Å². The number of rotatable bonds is 2. The van der Waals surface area contributed by atoms with E-state index in [0.717, 1.165) is 10.9 Å². The maximum Gasteiger partial charge on any atom is 0.275 e. The second kappa shape index (κ2) is 6.21. The molecule has 0 spiro atoms. The molecule has 3 heterocycles. The van der Waals surface area contributed by atoms with Gasteiger partial charge in [-0.25, -0.2) is 9.37 Å². The molecule has 0 unspecified atom stereocenters. The van der Waals surface area contributed by atoms with Crippen molar-refractivity contribution in [1.82, 2.24) is 15.0 Å². The molecule has 1 aliphatic rings. The lowest BCUT2D eigenvalue weighted by molar-refractivity contribution is 0.122. The highest BCUT2D eigenvalue weighted by Crippen LogP contribution is 2.28. The summed E-state index contributed by atoms with van der Waals surface area (Å²) in [6.45, 7) is 2.36. The Bertz CT molecular complexity index is 1210. The Morgan fingerprint density at radius 3 is 2.78 bits per heavy atom. The molecule has 2 N–H and O–H groups in total. The summed E-state index contributed by atoms with van der Waals surface area (Å²) < 4.78 is 20.0. The topological polar surface area (TPSA) is 74.0 Å². The minimum atomic E-state index is -0.353. The third-order valence-corrected chi connectivity index (χ3v) is 4.96. The Hall–Kier alpha value is -3.19. The number of morpholine rings is 1. The highest BCUT2D eigenvalue weighted by Gasteiger charge is 2.18. The Labute approximate surface area is 153 Å². The van der Waals surface area contributed by atoms with E-state index >= 15 is 0 Å². The van der Waals surface area contributed by atoms with E-state index in [1.54, 1.807) is 12.3 Å². The number of halogens is 1. The molecule has 4 aromatic rings. The number of benzene rings is 2. The van der Waals surface area contributed by atoms with Crippen LogP contribution in [0.15, 0.2) is 47.4 Å². The summed E-state index contributed by atoms with van der Waals surface area (Å²) in [5, 5.41) is 0.903. The van der Waals surface area contributed by atoms with Crippen LogP contribution in [-0.2, 0) is 4.74 Å². The van der Waals surface area contributed by atoms with Gasteiger partial charge in [-0.2, -0.15) is 0 Å². The van der Waals surface area contributed by atoms with Crippen LogP contribution in [0.3, 0.4) is 0 Å². The molecule has 0 radical (unpaired) electrons. The second-order valence-electron chi connectivity index (χ2n) is 6.58. The maximum absolute atomic E-state index is 14.7. The van der Waals surface area contributed by atoms with Gasteiger partial charge >= 0.3 is 0 Å². The Balaban J connectivity index is 1.66. The Morgan fingerprint density at radius 2 is 1.93 bits per heavy atom. The summed E-state index contributed by atoms with van der Waals surface area (Å²) in [4.78, 5) is 25.1. The fraction of sp³-hybridized carbons (Fsp3) is 0.200. The minimum absolute atomic E-state index is 0.276. The maximum atomic E-state index is 14.7. The molecular weight excluding hydrogens is 347 g/mol. The van der Waals surface area contributed by atoms with Gasteiger partial charge in [-0.1, -0.05) is 18.2 Å². The molecule has 0 amide bonds. The molecule has 5 rings (SSSR count). The number of para-hydroxylation sites is 1. The van der Waals surface area contributed by atoms with Gasteiger partial charge in [0, 0.05) is 41.8 Å². The van der Waals surface area contributed by atoms with Crippen LogP contribution in [0, 0.1) is 5.82 Å². The van der Waals surface area contributed by atoms with Crippen LogP contribution in [0.1, 0.15) is 0 Å². The number of anilines is 1. The minimum Gasteiger partial charge on any atom is -0.378 e. The molecule has 1 fully saturated rings. The highest BCUT2D eigenvalue weighted by molar-refractivity contribution is 5.95. The zero-order valence-electron chi connectivity index (χ0n) is 14.5. The van der Waals surface area contributed by atoms with E-state index in [1.165, 1.54) is 6.07 Å². The number of nitrogens with one attached hydrogen (secondary N) is 2. The number of aromatic amines is 2. The van der Waals surface area contributed by atoms with Gasteiger partial charge in [0.25, 0.3) is 5.56 Å². The molecule has 0 saturated carbocycles. The van der Waals surface area contributed by atoms with Gasteiger partial charge in [-0.15, -0.1) is 0 Å². The number of hydrogen-bond donors (Lipinski definition) is 2. The van der Waals surface area contributed by atoms with Crippen molar-refractivity contribution in [2.24, 2.45) is 0 Å². The molecule has 1 aliphatic heterocycles. The van der Waals surface area contributed by atoms with Crippen LogP contribution in [0.2, 0.25) is 0 Å². The first-order chi connectivity index (χ1) is 13.2. The fourth-order valence-electron chi connectivity index (χ4n) is 3.59. The van der Waals surface area contributed by atoms with Crippen molar-refractivity contribution < 1.29 is 9.13 Å². The third kappa shape index (κ3) is 2.67. The number of nitrogens with zero attached hydrogens (tertiary/aromatic N) is 2. The second-order valence-corrected chi connectivity index (χ2v) is 6.58. The lowest BCUT2D eigenvalue weighted by Crippen LogP contribution is -2.36. The van der Waals surface area contributed by atoms with Crippen molar-refractivity contribution >= 4 is 27.6 Å². The average Bonchev–Trinajstić information content (AvgIpc) is 3.12. The third-order valence-electron chi connectivity index (χ3n) is 4.96. The van der Waals surface area contributed by atoms with Gasteiger partial charge in [0.1, 0.15) is 11.5 Å². The lowest BCUT2D eigenvalue weighted by Gasteiger charge is -2.29. The van der Waals surface area contributed by atoms with Crippen molar-refractivity contribution in [3.05, 3.63) is 58.8 Å². The molecule has 0 aliphatic carbocycles. The Kier molecular flexibility index (Phi) is 3.68. The zero-order chi connectivity index (χ0) is 18.4. The van der Waals surface area contributed by atoms with Crippen LogP contribution in [0.25, 0.3) is 33.2 Å². The summed E-state index contributed by atoms with van der Waals surface area (Å²) >= 11 is 0. The van der Waals surface area contributed by atoms with Crippen molar-refractivity contribution in [2.45, 2.75) is 0 Å². The highest BCUT2D eigenvalue weighted by atomic mass is 19.1. The predicted molar refractivity (Wildman–Crippen MR) is 103 cm³/mol. The van der Waals surface area contributed by atoms with E-state index in [-0.39, 0.29) is 17.1 Å². The first-order valence-corrected chi connectivity index (χ1v) is 8.83. The number of fused-ring (bicyclic) bond motifs is 2. The predicted octanol–water partition coefficient (Wildman–Crippen LogP) is 3.05. The molecule has 6 nitrogen and oxygen atoms in total. The Morgan fingerprint density at radius 1 is 1.11 bits per heavy atom. The van der Waals surface area contributed by atoms with E-state index < -0.39 is 0 Å². The summed E-state index contributed by atoms with van der Waals surface area (Å²) in [5.41, 5.74) is 3.00. The quantitative estimate of drug-likeness (QED) is 0.573. The van der Waals surface area contributed by atoms with Gasteiger partial charge in [-0.05, 0) is 12.1 Å². The van der Waals surface area contributed by atoms with Crippen molar-refractivity contribution in [2.75, 3.05) is 31.2 Å². The van der Waals surface area contributed by atoms with E-state index in [1.807, 2.05) is 29.2 Å². The normalized spacial score (nSPS) is 14.9. The van der Waals surface area contributed by atoms with E-state index in [0.29, 0.717) is 48.6 Å². The summed E-state index contributed by atoms with van der Waals surface area (Å²) in [5.74, 6) is -0.353. The first-order valence-electron chi connectivity index (χ1n) is 8.83. The van der Waals surface area contributed by atoms with E-state index in [4.69, 9.17) is 4.74 Å². The molecule has 136 valence electrons. The van der Waals surface area contributed by atoms with E-state index in [9.17, 15) is 9.18 Å². The number of H-pyrrole nitrogens is 2. The largest absolute Gasteiger partial charge is 0.378 e. The average molecular weight is 364 g/mol. The zero-order valence-corrected chi connectivity index (χ0v) is 14.5. The molecular formula is C20H17FN4O2. The summed E-state index contributed by atoms with van der Waals surface area (Å²) in [7, 11) is 0. The molecule has 1 saturated heterocycles. The van der Waals surface area contributed by atoms with Crippen LogP contribution in [-0.4, -0.2) is 41.3 Å². The standard InChI is InChI=1S/C20H17FN4O2/c21-14-9-16-17(10-18(14)25-5-7-27-8-6-25)24-20(26)19(23-16)13-11-22-15-4-2-1-3-12(13)15/h1-4,9-11,22H,5-8H2,(H,24,26). The van der Waals surface area contributed by atoms with Crippen molar-refractivity contribution in [3.63, 3.8) is 0 Å². The molecule has 27 heavy (non-hydrogen) atoms. The van der Waals surface area contributed by atoms with Gasteiger partial charge in [-0.3, -0.25) is 4.79 Å². The van der Waals surface area contributed by atoms with Gasteiger partial charge in [0.05, 0.1) is 29.9 Å². The summed E-state index contributed by atoms with van der Waals surface area (Å²) in [6.07, 6.45) is 1.76. The van der Waals surface area contributed by atoms with E-state index in [2.05, 4.69) is 15.0 Å². The molecule has 2 aromatic heterocycles. The number of hydrogen-bond acceptors (Lipinski definition) is 4. The smallest absolute Gasteiger partial charge is 0.275 e.